The molecule has 3 rings (SSSR count). The Hall–Kier alpha value is -2.03. The number of nitrogens with zero attached hydrogens (tertiary/aromatic N) is 1. The molecule has 7 nitrogen and oxygen atoms in total. The highest BCUT2D eigenvalue weighted by atomic mass is 28.4. The summed E-state index contributed by atoms with van der Waals surface area (Å²) in [6.45, 7) is 11.0. The molecule has 1 aromatic rings. The highest BCUT2D eigenvalue weighted by molar-refractivity contribution is 6.74. The fourth-order valence-corrected chi connectivity index (χ4v) is 6.13. The van der Waals surface area contributed by atoms with Gasteiger partial charge in [0.1, 0.15) is 0 Å². The minimum absolute atomic E-state index is 0.000903. The van der Waals surface area contributed by atoms with Gasteiger partial charge in [0.2, 0.25) is 0 Å². The molecule has 2 amide bonds. The first kappa shape index (κ1) is 27.6. The van der Waals surface area contributed by atoms with Crippen molar-refractivity contribution in [2.24, 2.45) is 11.8 Å². The molecule has 1 aromatic carbocycles. The van der Waals surface area contributed by atoms with Gasteiger partial charge in [-0.2, -0.15) is 0 Å². The smallest absolute Gasteiger partial charge is 0.336 e. The molecule has 193 valence electrons. The van der Waals surface area contributed by atoms with E-state index < -0.39 is 38.1 Å². The third kappa shape index (κ3) is 7.02. The summed E-state index contributed by atoms with van der Waals surface area (Å²) in [5.74, 6) is -1.83. The van der Waals surface area contributed by atoms with Gasteiger partial charge in [0, 0.05) is 12.8 Å². The van der Waals surface area contributed by atoms with Gasteiger partial charge in [-0.15, -0.1) is 5.06 Å². The molecule has 1 saturated heterocycles. The minimum atomic E-state index is -2.16. The molecule has 35 heavy (non-hydrogen) atoms. The van der Waals surface area contributed by atoms with Crippen LogP contribution in [0.3, 0.4) is 0 Å². The van der Waals surface area contributed by atoms with Crippen LogP contribution in [0.4, 0.5) is 0 Å². The van der Waals surface area contributed by atoms with Crippen LogP contribution in [0, 0.1) is 11.8 Å². The summed E-state index contributed by atoms with van der Waals surface area (Å²) in [5.41, 5.74) is 10.2. The Morgan fingerprint density at radius 2 is 1.69 bits per heavy atom. The number of rotatable bonds is 9. The molecule has 1 heterocycles. The highest BCUT2D eigenvalue weighted by Crippen LogP contribution is 2.41. The first-order valence-electron chi connectivity index (χ1n) is 12.9. The quantitative estimate of drug-likeness (QED) is 0.347. The summed E-state index contributed by atoms with van der Waals surface area (Å²) in [4.78, 5) is 42.3. The average Bonchev–Trinajstić information content (AvgIpc) is 3.10. The normalized spacial score (nSPS) is 23.3. The van der Waals surface area contributed by atoms with Crippen LogP contribution in [0.5, 0.6) is 0 Å². The van der Waals surface area contributed by atoms with Crippen LogP contribution in [0.15, 0.2) is 30.3 Å². The summed E-state index contributed by atoms with van der Waals surface area (Å²) in [6, 6.07) is 9.55. The van der Waals surface area contributed by atoms with E-state index in [-0.39, 0.29) is 29.9 Å². The molecule has 0 spiro atoms. The SMILES string of the molecule is CC(C)(C)[Si](C)(C)OC(CC1CCCC[C@@H]1C(=O)ON1C(=O)CCC1=O)[C@H]([NH])Cc1ccccc1. The highest BCUT2D eigenvalue weighted by Gasteiger charge is 2.43. The molecule has 4 atom stereocenters. The number of carbonyl (C=O) groups excluding carboxylic acids is 3. The number of benzene rings is 1. The summed E-state index contributed by atoms with van der Waals surface area (Å²) in [6.07, 6.45) is 4.44. The molecule has 1 aliphatic heterocycles. The molecule has 0 aromatic heterocycles. The Morgan fingerprint density at radius 3 is 2.29 bits per heavy atom. The maximum Gasteiger partial charge on any atom is 0.336 e. The largest absolute Gasteiger partial charge is 0.412 e. The maximum atomic E-state index is 13.1. The van der Waals surface area contributed by atoms with E-state index in [2.05, 4.69) is 33.9 Å². The van der Waals surface area contributed by atoms with E-state index in [9.17, 15) is 14.4 Å². The van der Waals surface area contributed by atoms with Crippen LogP contribution < -0.4 is 5.73 Å². The zero-order valence-electron chi connectivity index (χ0n) is 21.8. The molecule has 1 aliphatic carbocycles. The van der Waals surface area contributed by atoms with Gasteiger partial charge in [-0.05, 0) is 55.3 Å². The van der Waals surface area contributed by atoms with Crippen LogP contribution in [-0.2, 0) is 30.1 Å². The van der Waals surface area contributed by atoms with E-state index in [1.807, 2.05) is 30.3 Å². The van der Waals surface area contributed by atoms with Crippen molar-refractivity contribution in [3.8, 4) is 0 Å². The molecule has 8 heteroatoms. The zero-order chi connectivity index (χ0) is 25.8. The van der Waals surface area contributed by atoms with Crippen molar-refractivity contribution in [1.82, 2.24) is 10.8 Å². The lowest BCUT2D eigenvalue weighted by molar-refractivity contribution is -0.202. The molecule has 2 aliphatic rings. The Morgan fingerprint density at radius 1 is 1.09 bits per heavy atom. The van der Waals surface area contributed by atoms with Crippen LogP contribution >= 0.6 is 0 Å². The molecule has 0 bridgehead atoms. The third-order valence-corrected chi connectivity index (χ3v) is 12.4. The fraction of sp³-hybridized carbons (Fsp3) is 0.667. The minimum Gasteiger partial charge on any atom is -0.412 e. The monoisotopic (exact) mass is 501 g/mol. The van der Waals surface area contributed by atoms with E-state index >= 15 is 0 Å². The van der Waals surface area contributed by atoms with Gasteiger partial charge in [0.05, 0.1) is 18.1 Å². The Balaban J connectivity index is 1.78. The van der Waals surface area contributed by atoms with Gasteiger partial charge < -0.3 is 9.26 Å². The van der Waals surface area contributed by atoms with E-state index in [0.29, 0.717) is 24.3 Å². The standard InChI is InChI=1S/C27H41N2O5Si/c1-27(2,3)35(4,5)34-23(22(28)17-19-11-7-6-8-12-19)18-20-13-9-10-14-21(20)26(32)33-29-24(30)15-16-25(29)31/h6-8,11-12,20-23,28H,9-10,13-18H2,1-5H3/t20?,21-,22+,23?/m0/s1. The second-order valence-electron chi connectivity index (χ2n) is 11.6. The topological polar surface area (TPSA) is 96.7 Å². The van der Waals surface area contributed by atoms with E-state index in [1.54, 1.807) is 0 Å². The van der Waals surface area contributed by atoms with Gasteiger partial charge in [0.25, 0.3) is 11.8 Å². The number of amides is 2. The lowest BCUT2D eigenvalue weighted by Gasteiger charge is -2.42. The van der Waals surface area contributed by atoms with Crippen LogP contribution in [-0.4, -0.2) is 43.3 Å². The number of hydrogen-bond acceptors (Lipinski definition) is 5. The molecule has 1 N–H and O–H groups in total. The summed E-state index contributed by atoms with van der Waals surface area (Å²) in [7, 11) is -2.16. The zero-order valence-corrected chi connectivity index (χ0v) is 22.8. The second kappa shape index (κ2) is 11.4. The second-order valence-corrected chi connectivity index (χ2v) is 16.3. The van der Waals surface area contributed by atoms with Crippen molar-refractivity contribution in [3.63, 3.8) is 0 Å². The molecule has 1 radical (unpaired) electrons. The first-order chi connectivity index (χ1) is 16.4. The molecule has 2 unspecified atom stereocenters. The maximum absolute atomic E-state index is 13.1. The van der Waals surface area contributed by atoms with E-state index in [4.69, 9.17) is 15.0 Å². The van der Waals surface area contributed by atoms with Gasteiger partial charge in [0.15, 0.2) is 8.32 Å². The number of hydroxylamine groups is 2. The van der Waals surface area contributed by atoms with E-state index in [1.165, 1.54) is 0 Å². The Labute approximate surface area is 210 Å². The fourth-order valence-electron chi connectivity index (χ4n) is 4.76. The lowest BCUT2D eigenvalue weighted by Crippen LogP contribution is -2.49. The van der Waals surface area contributed by atoms with Crippen LogP contribution in [0.1, 0.15) is 71.3 Å². The number of imide groups is 1. The summed E-state index contributed by atoms with van der Waals surface area (Å²) < 4.78 is 6.82. The van der Waals surface area contributed by atoms with Gasteiger partial charge in [-0.25, -0.2) is 4.79 Å². The van der Waals surface area contributed by atoms with Gasteiger partial charge in [-0.1, -0.05) is 63.9 Å². The number of nitrogens with one attached hydrogen (secondary N) is 1. The lowest BCUT2D eigenvalue weighted by atomic mass is 9.75. The van der Waals surface area contributed by atoms with Gasteiger partial charge >= 0.3 is 5.97 Å². The van der Waals surface area contributed by atoms with Gasteiger partial charge in [-0.3, -0.25) is 15.3 Å². The Bertz CT molecular complexity index is 883. The Kier molecular flexibility index (Phi) is 8.94. The molecular formula is C27H41N2O5Si. The molecule has 1 saturated carbocycles. The summed E-state index contributed by atoms with van der Waals surface area (Å²) in [5, 5.41) is 0.652. The first-order valence-corrected chi connectivity index (χ1v) is 15.8. The van der Waals surface area contributed by atoms with Crippen molar-refractivity contribution >= 4 is 26.1 Å². The number of hydrogen-bond donors (Lipinski definition) is 0. The van der Waals surface area contributed by atoms with Crippen molar-refractivity contribution in [3.05, 3.63) is 35.9 Å². The summed E-state index contributed by atoms with van der Waals surface area (Å²) >= 11 is 0. The van der Waals surface area contributed by atoms with Crippen molar-refractivity contribution in [1.29, 1.82) is 0 Å². The third-order valence-electron chi connectivity index (χ3n) is 7.93. The number of carbonyl (C=O) groups is 3. The van der Waals surface area contributed by atoms with Crippen molar-refractivity contribution < 1.29 is 23.6 Å². The van der Waals surface area contributed by atoms with Crippen molar-refractivity contribution in [2.75, 3.05) is 0 Å². The predicted octanol–water partition coefficient (Wildman–Crippen LogP) is 5.07. The van der Waals surface area contributed by atoms with Crippen LogP contribution in [0.25, 0.3) is 0 Å². The average molecular weight is 502 g/mol. The predicted molar refractivity (Wildman–Crippen MR) is 136 cm³/mol. The molecule has 2 fully saturated rings. The van der Waals surface area contributed by atoms with Crippen LogP contribution in [0.2, 0.25) is 18.1 Å². The van der Waals surface area contributed by atoms with E-state index in [0.717, 1.165) is 24.8 Å². The van der Waals surface area contributed by atoms with Crippen molar-refractivity contribution in [2.45, 2.75) is 102 Å². The molecular weight excluding hydrogens is 460 g/mol.